The fourth-order valence-electron chi connectivity index (χ4n) is 10.4. The third-order valence-electron chi connectivity index (χ3n) is 14.5. The molecule has 0 spiro atoms. The number of carbonyl (C=O) groups excluding carboxylic acids is 10. The quantitative estimate of drug-likeness (QED) is 0.0372. The Morgan fingerprint density at radius 2 is 1.30 bits per heavy atom. The van der Waals surface area contributed by atoms with Crippen LogP contribution in [0, 0.1) is 0 Å². The summed E-state index contributed by atoms with van der Waals surface area (Å²) in [6.07, 6.45) is 5.78. The van der Waals surface area contributed by atoms with Gasteiger partial charge in [-0.2, -0.15) is 0 Å². The zero-order valence-corrected chi connectivity index (χ0v) is 44.7. The molecule has 0 bridgehead atoms. The van der Waals surface area contributed by atoms with Crippen LogP contribution in [0.1, 0.15) is 88.0 Å². The van der Waals surface area contributed by atoms with Crippen LogP contribution in [0.2, 0.25) is 0 Å². The molecule has 3 saturated heterocycles. The number of amides is 10. The molecule has 428 valence electrons. The van der Waals surface area contributed by atoms with E-state index in [1.807, 2.05) is 18.2 Å². The molecule has 3 aliphatic rings. The second-order valence-electron chi connectivity index (χ2n) is 20.4. The molecule has 0 saturated carbocycles. The van der Waals surface area contributed by atoms with Crippen molar-refractivity contribution in [2.75, 3.05) is 26.2 Å². The van der Waals surface area contributed by atoms with Gasteiger partial charge in [0.05, 0.1) is 12.7 Å². The highest BCUT2D eigenvalue weighted by Gasteiger charge is 2.44. The van der Waals surface area contributed by atoms with Crippen LogP contribution in [0.25, 0.3) is 10.9 Å². The highest BCUT2D eigenvalue weighted by atomic mass is 16.2. The molecule has 15 N–H and O–H groups in total. The van der Waals surface area contributed by atoms with Crippen LogP contribution < -0.4 is 54.4 Å². The SMILES string of the molecule is CC(=O)N[C@H]1CCCCNC(=O)C[C@@H](C(=O)N2CCC[C@H]2C(=O)N2CCC[C@H]2C(N)=O)NC(=O)[C@H](Cc2c[nH]c3ccccc23)NC(=O)[C@H](CCCN=C(N)N)NC(=O)[C@@H](Cc2ccccc2)NC(=O)[C@H](Cc2cnc[nH]2)NC1=O. The molecule has 0 aliphatic carbocycles. The van der Waals surface area contributed by atoms with Crippen LogP contribution in [0.15, 0.2) is 78.3 Å². The summed E-state index contributed by atoms with van der Waals surface area (Å²) in [5.74, 6) is -7.35. The molecule has 3 fully saturated rings. The van der Waals surface area contributed by atoms with E-state index >= 15 is 4.79 Å². The standard InChI is InChI=1S/C54H72N16O10/c1-31(71)63-37-16-7-8-20-59-45(72)27-42(52(79)70-23-11-19-44(70)53(80)69-22-10-18-43(69)46(55)73)68-50(77)40(25-33-28-61-36-15-6-5-14-35(33)36)66-48(75)38(17-9-21-60-54(56)57)64-49(76)39(24-32-12-3-2-4-13-32)65-51(78)41(67-47(37)74)26-34-29-58-30-62-34/h2-6,12-15,28-30,37-44,61H,7-11,16-27H2,1H3,(H2,55,73)(H,58,62)(H,59,72)(H,63,71)(H,64,76)(H,65,78)(H,66,75)(H,67,74)(H,68,77)(H4,56,57,60)/t37-,38-,39+,40-,41-,42-,43-,44-/m0/s1. The molecular formula is C54H72N16O10. The number of hydrogen-bond donors (Lipinski definition) is 12. The van der Waals surface area contributed by atoms with Crippen molar-refractivity contribution in [2.45, 2.75) is 139 Å². The molecule has 80 heavy (non-hydrogen) atoms. The maximum atomic E-state index is 15.0. The van der Waals surface area contributed by atoms with Gasteiger partial charge in [0.25, 0.3) is 0 Å². The summed E-state index contributed by atoms with van der Waals surface area (Å²) in [5.41, 5.74) is 19.3. The van der Waals surface area contributed by atoms with Crippen LogP contribution in [0.3, 0.4) is 0 Å². The van der Waals surface area contributed by atoms with Crippen LogP contribution in [0.4, 0.5) is 0 Å². The minimum Gasteiger partial charge on any atom is -0.370 e. The number of likely N-dealkylation sites (tertiary alicyclic amines) is 2. The summed E-state index contributed by atoms with van der Waals surface area (Å²) in [4.78, 5) is 158. The minimum absolute atomic E-state index is 0.0344. The van der Waals surface area contributed by atoms with Crippen LogP contribution in [-0.2, 0) is 67.2 Å². The number of hydrogen-bond acceptors (Lipinski definition) is 12. The van der Waals surface area contributed by atoms with E-state index in [0.717, 1.165) is 10.9 Å². The second-order valence-corrected chi connectivity index (χ2v) is 20.4. The highest BCUT2D eigenvalue weighted by Crippen LogP contribution is 2.26. The molecule has 7 rings (SSSR count). The van der Waals surface area contributed by atoms with Gasteiger partial charge in [-0.15, -0.1) is 0 Å². The number of H-pyrrole nitrogens is 2. The number of aromatic amines is 2. The summed E-state index contributed by atoms with van der Waals surface area (Å²) in [7, 11) is 0. The Kier molecular flexibility index (Phi) is 20.7. The number of nitrogens with two attached hydrogens (primary N) is 3. The Morgan fingerprint density at radius 1 is 0.675 bits per heavy atom. The van der Waals surface area contributed by atoms with Crippen LogP contribution in [0.5, 0.6) is 0 Å². The van der Waals surface area contributed by atoms with Crippen LogP contribution in [-0.4, -0.2) is 164 Å². The number of rotatable bonds is 14. The van der Waals surface area contributed by atoms with Crippen molar-refractivity contribution >= 4 is 75.9 Å². The summed E-state index contributed by atoms with van der Waals surface area (Å²) in [6, 6.07) is 5.81. The van der Waals surface area contributed by atoms with E-state index in [1.165, 1.54) is 29.2 Å². The van der Waals surface area contributed by atoms with Crippen LogP contribution >= 0.6 is 0 Å². The molecular weight excluding hydrogens is 1030 g/mol. The van der Waals surface area contributed by atoms with E-state index in [0.29, 0.717) is 36.1 Å². The maximum Gasteiger partial charge on any atom is 0.246 e. The van der Waals surface area contributed by atoms with E-state index in [4.69, 9.17) is 17.2 Å². The third kappa shape index (κ3) is 16.1. The molecule has 10 amide bonds. The lowest BCUT2D eigenvalue weighted by Crippen LogP contribution is -2.61. The number of aliphatic imine (C=N–C) groups is 1. The maximum absolute atomic E-state index is 15.0. The normalized spacial score (nSPS) is 24.1. The molecule has 26 nitrogen and oxygen atoms in total. The van der Waals surface area contributed by atoms with Crippen molar-refractivity contribution in [3.8, 4) is 0 Å². The fraction of sp³-hybridized carbons (Fsp3) is 0.481. The van der Waals surface area contributed by atoms with Crippen molar-refractivity contribution in [3.05, 3.63) is 90.1 Å². The van der Waals surface area contributed by atoms with Crippen molar-refractivity contribution in [2.24, 2.45) is 22.2 Å². The lowest BCUT2D eigenvalue weighted by Gasteiger charge is -2.33. The van der Waals surface area contributed by atoms with Gasteiger partial charge in [0.1, 0.15) is 48.3 Å². The zero-order chi connectivity index (χ0) is 57.3. The number of carbonyl (C=O) groups is 10. The Balaban J connectivity index is 1.26. The number of aromatic nitrogens is 3. The van der Waals surface area contributed by atoms with E-state index in [9.17, 15) is 43.2 Å². The smallest absolute Gasteiger partial charge is 0.246 e. The Morgan fingerprint density at radius 3 is 1.99 bits per heavy atom. The molecule has 3 aliphatic heterocycles. The minimum atomic E-state index is -1.59. The predicted molar refractivity (Wildman–Crippen MR) is 292 cm³/mol. The third-order valence-corrected chi connectivity index (χ3v) is 14.5. The lowest BCUT2D eigenvalue weighted by molar-refractivity contribution is -0.148. The molecule has 5 heterocycles. The fourth-order valence-corrected chi connectivity index (χ4v) is 10.4. The van der Waals surface area contributed by atoms with Gasteiger partial charge >= 0.3 is 0 Å². The van der Waals surface area contributed by atoms with Gasteiger partial charge in [0.2, 0.25) is 59.1 Å². The number of para-hydroxylation sites is 1. The Bertz CT molecular complexity index is 2890. The lowest BCUT2D eigenvalue weighted by atomic mass is 10.0. The summed E-state index contributed by atoms with van der Waals surface area (Å²) in [6.45, 7) is 1.65. The number of benzene rings is 2. The molecule has 0 unspecified atom stereocenters. The van der Waals surface area contributed by atoms with Gasteiger partial charge in [0.15, 0.2) is 5.96 Å². The largest absolute Gasteiger partial charge is 0.370 e. The monoisotopic (exact) mass is 1100 g/mol. The Hall–Kier alpha value is -8.84. The number of primary amides is 1. The number of fused-ring (bicyclic) bond motifs is 1. The van der Waals surface area contributed by atoms with E-state index in [1.54, 1.807) is 42.6 Å². The first-order valence-electron chi connectivity index (χ1n) is 27.0. The van der Waals surface area contributed by atoms with Gasteiger partial charge < -0.3 is 74.2 Å². The van der Waals surface area contributed by atoms with Gasteiger partial charge in [-0.1, -0.05) is 48.5 Å². The number of imidazole rings is 1. The molecule has 2 aromatic carbocycles. The average molecular weight is 1110 g/mol. The van der Waals surface area contributed by atoms with E-state index < -0.39 is 114 Å². The summed E-state index contributed by atoms with van der Waals surface area (Å²) >= 11 is 0. The van der Waals surface area contributed by atoms with Gasteiger partial charge in [0, 0.05) is 81.4 Å². The zero-order valence-electron chi connectivity index (χ0n) is 44.7. The molecule has 8 atom stereocenters. The first-order chi connectivity index (χ1) is 38.4. The first-order valence-corrected chi connectivity index (χ1v) is 27.0. The van der Waals surface area contributed by atoms with E-state index in [2.05, 4.69) is 57.2 Å². The van der Waals surface area contributed by atoms with Crippen molar-refractivity contribution in [3.63, 3.8) is 0 Å². The Labute approximate surface area is 461 Å². The summed E-state index contributed by atoms with van der Waals surface area (Å²) in [5, 5.41) is 20.0. The predicted octanol–water partition coefficient (Wildman–Crippen LogP) is -1.94. The molecule has 4 aromatic rings. The highest BCUT2D eigenvalue weighted by molar-refractivity contribution is 6.00. The van der Waals surface area contributed by atoms with Crippen molar-refractivity contribution in [1.82, 2.24) is 62.0 Å². The molecule has 0 radical (unpaired) electrons. The summed E-state index contributed by atoms with van der Waals surface area (Å²) < 4.78 is 0. The van der Waals surface area contributed by atoms with Crippen molar-refractivity contribution in [1.29, 1.82) is 0 Å². The number of guanidine groups is 1. The number of nitrogens with zero attached hydrogens (tertiary/aromatic N) is 4. The molecule has 2 aromatic heterocycles. The average Bonchev–Trinajstić information content (AvgIpc) is 4.33. The van der Waals surface area contributed by atoms with Crippen molar-refractivity contribution < 1.29 is 47.9 Å². The van der Waals surface area contributed by atoms with Gasteiger partial charge in [-0.05, 0) is 75.0 Å². The number of nitrogens with one attached hydrogen (secondary N) is 9. The molecule has 26 heteroatoms. The van der Waals surface area contributed by atoms with Gasteiger partial charge in [-0.25, -0.2) is 4.98 Å². The first kappa shape index (κ1) is 58.8. The van der Waals surface area contributed by atoms with E-state index in [-0.39, 0.29) is 89.9 Å². The van der Waals surface area contributed by atoms with Gasteiger partial charge in [-0.3, -0.25) is 52.9 Å². The topological polar surface area (TPSA) is 396 Å². The second kappa shape index (κ2) is 28.2.